The number of aliphatic hydroxyl groups excluding tert-OH is 2. The molecule has 78 heavy (non-hydrogen) atoms. The van der Waals surface area contributed by atoms with Crippen LogP contribution in [0.2, 0.25) is 0 Å². The average molecular weight is 1120 g/mol. The molecule has 8 amide bonds. The van der Waals surface area contributed by atoms with Gasteiger partial charge in [0.1, 0.15) is 22.3 Å². The van der Waals surface area contributed by atoms with Gasteiger partial charge in [-0.2, -0.15) is 0 Å². The zero-order chi connectivity index (χ0) is 58.5. The van der Waals surface area contributed by atoms with Gasteiger partial charge in [0.2, 0.25) is 29.5 Å². The SMILES string of the molecule is CC(C)(C)OC(=O)NCCCNC(=O)CCOCC(COCCC(=O)NCCCNC(=O)OC(C)(C)C)(COCCC(=O)NCCCNC(=O)OC(C)(C)C)NC(=O)CCCCCCCCCCC(=O)N1C[C@H](O)C[C@H]1CO. The Hall–Kier alpha value is -5.04. The number of ether oxygens (including phenoxy) is 6. The number of nitrogens with one attached hydrogen (secondary N) is 7. The molecule has 0 radical (unpaired) electrons. The van der Waals surface area contributed by atoms with Crippen LogP contribution in [0.25, 0.3) is 0 Å². The van der Waals surface area contributed by atoms with Gasteiger partial charge in [0.25, 0.3) is 0 Å². The summed E-state index contributed by atoms with van der Waals surface area (Å²) in [6.07, 6.45) is 6.90. The number of aliphatic hydroxyl groups is 2. The second-order valence-electron chi connectivity index (χ2n) is 22.7. The van der Waals surface area contributed by atoms with Gasteiger partial charge in [-0.15, -0.1) is 0 Å². The van der Waals surface area contributed by atoms with Crippen LogP contribution in [-0.2, 0) is 52.4 Å². The summed E-state index contributed by atoms with van der Waals surface area (Å²) < 4.78 is 33.8. The van der Waals surface area contributed by atoms with E-state index in [9.17, 15) is 48.6 Å². The third-order valence-electron chi connectivity index (χ3n) is 11.5. The lowest BCUT2D eigenvalue weighted by atomic mass is 10.0. The van der Waals surface area contributed by atoms with Crippen molar-refractivity contribution in [3.63, 3.8) is 0 Å². The highest BCUT2D eigenvalue weighted by atomic mass is 16.6. The summed E-state index contributed by atoms with van der Waals surface area (Å²) in [5, 5.41) is 38.8. The van der Waals surface area contributed by atoms with Gasteiger partial charge in [-0.3, -0.25) is 24.0 Å². The molecular weight excluding hydrogens is 1020 g/mol. The number of nitrogens with zero attached hydrogens (tertiary/aromatic N) is 1. The summed E-state index contributed by atoms with van der Waals surface area (Å²) in [4.78, 5) is 102. The molecule has 0 aromatic carbocycles. The fourth-order valence-electron chi connectivity index (χ4n) is 7.75. The fourth-order valence-corrected chi connectivity index (χ4v) is 7.75. The van der Waals surface area contributed by atoms with E-state index in [1.54, 1.807) is 67.2 Å². The van der Waals surface area contributed by atoms with Crippen molar-refractivity contribution in [2.24, 2.45) is 0 Å². The topological polar surface area (TPSA) is 320 Å². The van der Waals surface area contributed by atoms with Crippen LogP contribution in [-0.4, -0.2) is 189 Å². The Balaban J connectivity index is 2.91. The lowest BCUT2D eigenvalue weighted by molar-refractivity contribution is -0.133. The first-order chi connectivity index (χ1) is 36.7. The van der Waals surface area contributed by atoms with Crippen molar-refractivity contribution in [3.05, 3.63) is 0 Å². The third-order valence-corrected chi connectivity index (χ3v) is 11.5. The first kappa shape index (κ1) is 71.0. The second-order valence-corrected chi connectivity index (χ2v) is 22.7. The van der Waals surface area contributed by atoms with E-state index < -0.39 is 46.7 Å². The number of hydrogen-bond acceptors (Lipinski definition) is 16. The third kappa shape index (κ3) is 39.3. The second kappa shape index (κ2) is 39.3. The summed E-state index contributed by atoms with van der Waals surface area (Å²) >= 11 is 0. The number of likely N-dealkylation sites (tertiary alicyclic amines) is 1. The van der Waals surface area contributed by atoms with Crippen molar-refractivity contribution in [1.29, 1.82) is 0 Å². The van der Waals surface area contributed by atoms with E-state index in [1.807, 2.05) is 0 Å². The summed E-state index contributed by atoms with van der Waals surface area (Å²) in [5.74, 6) is -1.21. The van der Waals surface area contributed by atoms with E-state index in [0.29, 0.717) is 77.8 Å². The maximum absolute atomic E-state index is 13.7. The van der Waals surface area contributed by atoms with Crippen LogP contribution in [0.15, 0.2) is 0 Å². The number of carbonyl (C=O) groups excluding carboxylic acids is 8. The first-order valence-corrected chi connectivity index (χ1v) is 28.0. The molecule has 24 heteroatoms. The molecule has 1 fully saturated rings. The highest BCUT2D eigenvalue weighted by Gasteiger charge is 2.35. The molecule has 9 N–H and O–H groups in total. The molecule has 24 nitrogen and oxygen atoms in total. The lowest BCUT2D eigenvalue weighted by Gasteiger charge is -2.34. The summed E-state index contributed by atoms with van der Waals surface area (Å²) in [6.45, 7) is 17.2. The Labute approximate surface area is 463 Å². The lowest BCUT2D eigenvalue weighted by Crippen LogP contribution is -2.58. The van der Waals surface area contributed by atoms with Gasteiger partial charge >= 0.3 is 18.3 Å². The molecule has 1 aliphatic heterocycles. The summed E-state index contributed by atoms with van der Waals surface area (Å²) in [7, 11) is 0. The first-order valence-electron chi connectivity index (χ1n) is 28.0. The molecule has 0 aliphatic carbocycles. The Morgan fingerprint density at radius 1 is 0.449 bits per heavy atom. The van der Waals surface area contributed by atoms with E-state index in [2.05, 4.69) is 37.2 Å². The molecular formula is C54H100N8O16. The van der Waals surface area contributed by atoms with E-state index >= 15 is 0 Å². The Bertz CT molecular complexity index is 1630. The van der Waals surface area contributed by atoms with Crippen LogP contribution in [0.3, 0.4) is 0 Å². The van der Waals surface area contributed by atoms with Crippen LogP contribution in [0, 0.1) is 0 Å². The predicted molar refractivity (Wildman–Crippen MR) is 292 cm³/mol. The molecule has 452 valence electrons. The molecule has 1 rings (SSSR count). The average Bonchev–Trinajstić information content (AvgIpc) is 3.72. The van der Waals surface area contributed by atoms with Gasteiger partial charge in [0, 0.05) is 77.9 Å². The number of unbranched alkanes of at least 4 members (excludes halogenated alkanes) is 7. The van der Waals surface area contributed by atoms with E-state index in [-0.39, 0.29) is 114 Å². The van der Waals surface area contributed by atoms with Crippen molar-refractivity contribution >= 4 is 47.8 Å². The number of rotatable bonds is 40. The molecule has 2 atom stereocenters. The molecule has 0 spiro atoms. The van der Waals surface area contributed by atoms with Gasteiger partial charge in [0.15, 0.2) is 0 Å². The standard InChI is InChI=1S/C54H100N8O16/c1-51(2,3)76-48(70)58-29-18-26-55-43(65)23-32-73-38-54(39-74-33-24-44(66)56-27-19-30-59-49(71)77-52(4,5)6,40-75-34-25-45(67)57-28-20-31-60-50(72)78-53(7,8)9)61-46(68)21-16-14-12-10-11-13-15-17-22-47(69)62-36-42(64)35-41(62)37-63/h41-42,63-64H,10-40H2,1-9H3,(H,55,65)(H,56,66)(H,57,67)(H,58,70)(H,59,71)(H,60,72)(H,61,68)/t41-,42+/m0/s1. The molecule has 0 aromatic heterocycles. The summed E-state index contributed by atoms with van der Waals surface area (Å²) in [6, 6.07) is -0.318. The van der Waals surface area contributed by atoms with E-state index in [0.717, 1.165) is 44.9 Å². The quantitative estimate of drug-likeness (QED) is 0.0309. The van der Waals surface area contributed by atoms with Crippen molar-refractivity contribution in [3.8, 4) is 0 Å². The van der Waals surface area contributed by atoms with Gasteiger partial charge in [-0.25, -0.2) is 14.4 Å². The van der Waals surface area contributed by atoms with Crippen LogP contribution in [0.4, 0.5) is 14.4 Å². The molecule has 0 bridgehead atoms. The van der Waals surface area contributed by atoms with Gasteiger partial charge < -0.3 is 80.8 Å². The number of hydrogen-bond donors (Lipinski definition) is 9. The summed E-state index contributed by atoms with van der Waals surface area (Å²) in [5.41, 5.74) is -3.21. The molecule has 1 saturated heterocycles. The van der Waals surface area contributed by atoms with E-state index in [1.165, 1.54) is 0 Å². The van der Waals surface area contributed by atoms with Gasteiger partial charge in [0.05, 0.1) is 58.4 Å². The monoisotopic (exact) mass is 1120 g/mol. The van der Waals surface area contributed by atoms with E-state index in [4.69, 9.17) is 28.4 Å². The smallest absolute Gasteiger partial charge is 0.407 e. The van der Waals surface area contributed by atoms with Gasteiger partial charge in [-0.05, 0) is 101 Å². The van der Waals surface area contributed by atoms with Crippen LogP contribution >= 0.6 is 0 Å². The maximum atomic E-state index is 13.7. The number of β-amino-alcohol motifs (C(OH)–C–C–N with tert-alkyl or cyclic N) is 1. The minimum absolute atomic E-state index is 0.0149. The molecule has 1 heterocycles. The normalized spacial score (nSPS) is 14.7. The Kier molecular flexibility index (Phi) is 35.8. The van der Waals surface area contributed by atoms with Crippen molar-refractivity contribution in [2.75, 3.05) is 92.1 Å². The van der Waals surface area contributed by atoms with Gasteiger partial charge in [-0.1, -0.05) is 38.5 Å². The molecule has 0 unspecified atom stereocenters. The van der Waals surface area contributed by atoms with Crippen LogP contribution < -0.4 is 37.2 Å². The minimum atomic E-state index is -1.30. The van der Waals surface area contributed by atoms with Crippen LogP contribution in [0.1, 0.15) is 171 Å². The van der Waals surface area contributed by atoms with Crippen molar-refractivity contribution in [2.45, 2.75) is 206 Å². The molecule has 0 saturated carbocycles. The van der Waals surface area contributed by atoms with Crippen LogP contribution in [0.5, 0.6) is 0 Å². The highest BCUT2D eigenvalue weighted by Crippen LogP contribution is 2.20. The van der Waals surface area contributed by atoms with Crippen molar-refractivity contribution < 1.29 is 77.0 Å². The van der Waals surface area contributed by atoms with Crippen molar-refractivity contribution in [1.82, 2.24) is 42.1 Å². The number of alkyl carbamates (subject to hydrolysis) is 3. The largest absolute Gasteiger partial charge is 0.444 e. The zero-order valence-electron chi connectivity index (χ0n) is 48.6. The zero-order valence-corrected chi connectivity index (χ0v) is 48.6. The fraction of sp³-hybridized carbons (Fsp3) is 0.852. The molecule has 1 aliphatic rings. The molecule has 0 aromatic rings. The minimum Gasteiger partial charge on any atom is -0.444 e. The number of carbonyl (C=O) groups is 8. The number of amides is 8. The predicted octanol–water partition coefficient (Wildman–Crippen LogP) is 4.01. The Morgan fingerprint density at radius 3 is 1.13 bits per heavy atom. The Morgan fingerprint density at radius 2 is 0.782 bits per heavy atom. The highest BCUT2D eigenvalue weighted by molar-refractivity contribution is 5.78. The maximum Gasteiger partial charge on any atom is 0.407 e.